The molecule has 1 aromatic carbocycles. The van der Waals surface area contributed by atoms with Gasteiger partial charge in [-0.2, -0.15) is 0 Å². The molecule has 0 aliphatic carbocycles. The highest BCUT2D eigenvalue weighted by atomic mass is 32.2. The SMILES string of the molecule is CCOc1ccc(SCC(=O)N2CCN(C)CC2)cc1. The lowest BCUT2D eigenvalue weighted by Crippen LogP contribution is -2.47. The third-order valence-corrected chi connectivity index (χ3v) is 4.35. The summed E-state index contributed by atoms with van der Waals surface area (Å²) in [5.41, 5.74) is 0. The highest BCUT2D eigenvalue weighted by Crippen LogP contribution is 2.22. The van der Waals surface area contributed by atoms with Gasteiger partial charge in [0.15, 0.2) is 0 Å². The van der Waals surface area contributed by atoms with E-state index >= 15 is 0 Å². The van der Waals surface area contributed by atoms with Crippen LogP contribution in [0.15, 0.2) is 29.2 Å². The minimum atomic E-state index is 0.233. The smallest absolute Gasteiger partial charge is 0.233 e. The van der Waals surface area contributed by atoms with Gasteiger partial charge in [-0.15, -0.1) is 11.8 Å². The Balaban J connectivity index is 1.78. The van der Waals surface area contributed by atoms with Crippen molar-refractivity contribution in [2.75, 3.05) is 45.6 Å². The molecular weight excluding hydrogens is 272 g/mol. The Bertz CT molecular complexity index is 428. The largest absolute Gasteiger partial charge is 0.494 e. The van der Waals surface area contributed by atoms with Crippen LogP contribution in [0.25, 0.3) is 0 Å². The Labute approximate surface area is 125 Å². The van der Waals surface area contributed by atoms with Crippen molar-refractivity contribution in [1.82, 2.24) is 9.80 Å². The number of piperazine rings is 1. The molecule has 1 aliphatic rings. The molecule has 1 heterocycles. The minimum Gasteiger partial charge on any atom is -0.494 e. The number of amides is 1. The molecule has 1 amide bonds. The van der Waals surface area contributed by atoms with Gasteiger partial charge >= 0.3 is 0 Å². The second-order valence-electron chi connectivity index (χ2n) is 4.88. The Morgan fingerprint density at radius 1 is 1.20 bits per heavy atom. The van der Waals surface area contributed by atoms with Gasteiger partial charge in [0.25, 0.3) is 0 Å². The third kappa shape index (κ3) is 4.42. The first-order chi connectivity index (χ1) is 9.69. The maximum atomic E-state index is 12.1. The van der Waals surface area contributed by atoms with Crippen LogP contribution in [0.2, 0.25) is 0 Å². The van der Waals surface area contributed by atoms with Gasteiger partial charge in [0.2, 0.25) is 5.91 Å². The number of ether oxygens (including phenoxy) is 1. The number of hydrogen-bond donors (Lipinski definition) is 0. The molecular formula is C15H22N2O2S. The quantitative estimate of drug-likeness (QED) is 0.777. The number of rotatable bonds is 5. The first-order valence-electron chi connectivity index (χ1n) is 7.01. The third-order valence-electron chi connectivity index (χ3n) is 3.35. The van der Waals surface area contributed by atoms with Crippen LogP contribution < -0.4 is 4.74 Å². The van der Waals surface area contributed by atoms with E-state index in [4.69, 9.17) is 4.74 Å². The predicted octanol–water partition coefficient (Wildman–Crippen LogP) is 1.95. The Morgan fingerprint density at radius 2 is 1.85 bits per heavy atom. The van der Waals surface area contributed by atoms with Crippen molar-refractivity contribution in [1.29, 1.82) is 0 Å². The van der Waals surface area contributed by atoms with Crippen molar-refractivity contribution >= 4 is 17.7 Å². The van der Waals surface area contributed by atoms with E-state index in [0.29, 0.717) is 12.4 Å². The van der Waals surface area contributed by atoms with Crippen molar-refractivity contribution in [3.05, 3.63) is 24.3 Å². The van der Waals surface area contributed by atoms with E-state index in [1.165, 1.54) is 0 Å². The van der Waals surface area contributed by atoms with Gasteiger partial charge in [-0.25, -0.2) is 0 Å². The Morgan fingerprint density at radius 3 is 2.45 bits per heavy atom. The van der Waals surface area contributed by atoms with Crippen LogP contribution in [0.5, 0.6) is 5.75 Å². The summed E-state index contributed by atoms with van der Waals surface area (Å²) in [4.78, 5) is 17.4. The first-order valence-corrected chi connectivity index (χ1v) is 7.99. The molecule has 1 aliphatic heterocycles. The van der Waals surface area contributed by atoms with Gasteiger partial charge in [0, 0.05) is 31.1 Å². The fourth-order valence-corrected chi connectivity index (χ4v) is 2.89. The van der Waals surface area contributed by atoms with Crippen LogP contribution >= 0.6 is 11.8 Å². The number of thioether (sulfide) groups is 1. The second kappa shape index (κ2) is 7.55. The summed E-state index contributed by atoms with van der Waals surface area (Å²) < 4.78 is 5.40. The number of carbonyl (C=O) groups excluding carboxylic acids is 1. The van der Waals surface area contributed by atoms with Gasteiger partial charge in [0.05, 0.1) is 12.4 Å². The molecule has 0 atom stereocenters. The lowest BCUT2D eigenvalue weighted by molar-refractivity contribution is -0.129. The summed E-state index contributed by atoms with van der Waals surface area (Å²) >= 11 is 1.59. The molecule has 2 rings (SSSR count). The molecule has 1 aromatic rings. The molecule has 0 radical (unpaired) electrons. The standard InChI is InChI=1S/C15H22N2O2S/c1-3-19-13-4-6-14(7-5-13)20-12-15(18)17-10-8-16(2)9-11-17/h4-7H,3,8-12H2,1-2H3. The second-order valence-corrected chi connectivity index (χ2v) is 5.93. The van der Waals surface area contributed by atoms with E-state index in [1.54, 1.807) is 11.8 Å². The van der Waals surface area contributed by atoms with E-state index in [0.717, 1.165) is 36.8 Å². The highest BCUT2D eigenvalue weighted by molar-refractivity contribution is 8.00. The van der Waals surface area contributed by atoms with Gasteiger partial charge in [-0.1, -0.05) is 0 Å². The molecule has 0 N–H and O–H groups in total. The lowest BCUT2D eigenvalue weighted by atomic mass is 10.3. The van der Waals surface area contributed by atoms with Gasteiger partial charge in [-0.05, 0) is 38.2 Å². The molecule has 0 unspecified atom stereocenters. The number of benzene rings is 1. The molecule has 0 saturated carbocycles. The van der Waals surface area contributed by atoms with Crippen LogP contribution in [0.4, 0.5) is 0 Å². The zero-order valence-electron chi connectivity index (χ0n) is 12.2. The Kier molecular flexibility index (Phi) is 5.73. The van der Waals surface area contributed by atoms with E-state index < -0.39 is 0 Å². The normalized spacial score (nSPS) is 16.2. The van der Waals surface area contributed by atoms with Crippen molar-refractivity contribution < 1.29 is 9.53 Å². The molecule has 0 aromatic heterocycles. The molecule has 5 heteroatoms. The monoisotopic (exact) mass is 294 g/mol. The van der Waals surface area contributed by atoms with Gasteiger partial charge in [-0.3, -0.25) is 4.79 Å². The highest BCUT2D eigenvalue weighted by Gasteiger charge is 2.18. The van der Waals surface area contributed by atoms with E-state index in [9.17, 15) is 4.79 Å². The number of carbonyl (C=O) groups is 1. The fraction of sp³-hybridized carbons (Fsp3) is 0.533. The molecule has 0 bridgehead atoms. The van der Waals surface area contributed by atoms with Crippen LogP contribution in [-0.4, -0.2) is 61.3 Å². The zero-order chi connectivity index (χ0) is 14.4. The van der Waals surface area contributed by atoms with E-state index in [2.05, 4.69) is 11.9 Å². The maximum Gasteiger partial charge on any atom is 0.233 e. The predicted molar refractivity (Wildman–Crippen MR) is 82.4 cm³/mol. The van der Waals surface area contributed by atoms with Crippen molar-refractivity contribution in [2.45, 2.75) is 11.8 Å². The van der Waals surface area contributed by atoms with Crippen LogP contribution in [0, 0.1) is 0 Å². The summed E-state index contributed by atoms with van der Waals surface area (Å²) in [6.07, 6.45) is 0. The fourth-order valence-electron chi connectivity index (χ4n) is 2.09. The molecule has 20 heavy (non-hydrogen) atoms. The summed E-state index contributed by atoms with van der Waals surface area (Å²) in [6.45, 7) is 6.28. The number of hydrogen-bond acceptors (Lipinski definition) is 4. The van der Waals surface area contributed by atoms with Crippen LogP contribution in [0.1, 0.15) is 6.92 Å². The van der Waals surface area contributed by atoms with Gasteiger partial charge in [0.1, 0.15) is 5.75 Å². The minimum absolute atomic E-state index is 0.233. The first kappa shape index (κ1) is 15.2. The van der Waals surface area contributed by atoms with Crippen LogP contribution in [-0.2, 0) is 4.79 Å². The molecule has 4 nitrogen and oxygen atoms in total. The van der Waals surface area contributed by atoms with Crippen molar-refractivity contribution in [2.24, 2.45) is 0 Å². The number of likely N-dealkylation sites (N-methyl/N-ethyl adjacent to an activating group) is 1. The molecule has 0 spiro atoms. The summed E-state index contributed by atoms with van der Waals surface area (Å²) in [6, 6.07) is 7.91. The lowest BCUT2D eigenvalue weighted by Gasteiger charge is -2.32. The Hall–Kier alpha value is -1.20. The molecule has 1 fully saturated rings. The van der Waals surface area contributed by atoms with E-state index in [-0.39, 0.29) is 5.91 Å². The summed E-state index contributed by atoms with van der Waals surface area (Å²) in [5, 5.41) is 0. The number of nitrogens with zero attached hydrogens (tertiary/aromatic N) is 2. The summed E-state index contributed by atoms with van der Waals surface area (Å²) in [5.74, 6) is 1.62. The van der Waals surface area contributed by atoms with E-state index in [1.807, 2.05) is 36.1 Å². The molecule has 110 valence electrons. The van der Waals surface area contributed by atoms with Crippen molar-refractivity contribution in [3.8, 4) is 5.75 Å². The maximum absolute atomic E-state index is 12.1. The average molecular weight is 294 g/mol. The van der Waals surface area contributed by atoms with Gasteiger partial charge < -0.3 is 14.5 Å². The topological polar surface area (TPSA) is 32.8 Å². The zero-order valence-corrected chi connectivity index (χ0v) is 13.0. The summed E-state index contributed by atoms with van der Waals surface area (Å²) in [7, 11) is 2.09. The molecule has 1 saturated heterocycles. The van der Waals surface area contributed by atoms with Crippen molar-refractivity contribution in [3.63, 3.8) is 0 Å². The average Bonchev–Trinajstić information content (AvgIpc) is 2.47. The van der Waals surface area contributed by atoms with Crippen LogP contribution in [0.3, 0.4) is 0 Å².